The van der Waals surface area contributed by atoms with E-state index in [0.29, 0.717) is 43.5 Å². The number of hydrogen-bond acceptors (Lipinski definition) is 8. The van der Waals surface area contributed by atoms with E-state index in [0.717, 1.165) is 0 Å². The molecule has 0 radical (unpaired) electrons. The first-order valence-electron chi connectivity index (χ1n) is 11.0. The lowest BCUT2D eigenvalue weighted by Crippen LogP contribution is -2.56. The summed E-state index contributed by atoms with van der Waals surface area (Å²) in [5, 5.41) is 25.9. The van der Waals surface area contributed by atoms with Gasteiger partial charge in [-0.3, -0.25) is 19.2 Å². The van der Waals surface area contributed by atoms with Crippen molar-refractivity contribution in [2.75, 3.05) is 25.1 Å². The summed E-state index contributed by atoms with van der Waals surface area (Å²) < 4.78 is 0. The number of carbonyl (C=O) groups excluding carboxylic acids is 3. The van der Waals surface area contributed by atoms with E-state index in [4.69, 9.17) is 16.6 Å². The number of unbranched alkanes of at least 4 members (excludes halogenated alkanes) is 1. The molecule has 1 aromatic carbocycles. The lowest BCUT2D eigenvalue weighted by Gasteiger charge is -2.24. The molecule has 34 heavy (non-hydrogen) atoms. The molecular weight excluding hydrogens is 462 g/mol. The molecule has 9 N–H and O–H groups in total. The summed E-state index contributed by atoms with van der Waals surface area (Å²) in [5.74, 6) is -2.23. The number of carbonyl (C=O) groups is 4. The molecule has 1 rings (SSSR count). The van der Waals surface area contributed by atoms with E-state index in [2.05, 4.69) is 16.0 Å². The number of nitrogens with one attached hydrogen (secondary N) is 3. The summed E-state index contributed by atoms with van der Waals surface area (Å²) in [6, 6.07) is 3.24. The maximum atomic E-state index is 13.1. The Morgan fingerprint density at radius 1 is 0.971 bits per heavy atom. The second-order valence-corrected chi connectivity index (χ2v) is 8.76. The first kappa shape index (κ1) is 29.2. The number of phenolic OH excluding ortho intramolecular Hbond substituents is 1. The third kappa shape index (κ3) is 11.3. The maximum Gasteiger partial charge on any atom is 0.322 e. The number of amides is 3. The summed E-state index contributed by atoms with van der Waals surface area (Å²) >= 11 is 1.55. The smallest absolute Gasteiger partial charge is 0.322 e. The van der Waals surface area contributed by atoms with Crippen LogP contribution in [0.4, 0.5) is 0 Å². The van der Waals surface area contributed by atoms with Crippen LogP contribution in [-0.2, 0) is 25.6 Å². The van der Waals surface area contributed by atoms with Gasteiger partial charge in [0.05, 0.1) is 6.04 Å². The van der Waals surface area contributed by atoms with Crippen molar-refractivity contribution in [3.63, 3.8) is 0 Å². The van der Waals surface area contributed by atoms with Crippen molar-refractivity contribution in [1.29, 1.82) is 0 Å². The van der Waals surface area contributed by atoms with Gasteiger partial charge in [-0.25, -0.2) is 0 Å². The molecule has 190 valence electrons. The predicted octanol–water partition coefficient (Wildman–Crippen LogP) is -0.685. The highest BCUT2D eigenvalue weighted by atomic mass is 32.2. The van der Waals surface area contributed by atoms with Gasteiger partial charge >= 0.3 is 5.97 Å². The minimum atomic E-state index is -1.23. The van der Waals surface area contributed by atoms with Crippen LogP contribution < -0.4 is 27.4 Å². The second-order valence-electron chi connectivity index (χ2n) is 7.78. The van der Waals surface area contributed by atoms with Crippen molar-refractivity contribution in [2.45, 2.75) is 50.2 Å². The van der Waals surface area contributed by atoms with Crippen LogP contribution in [0.5, 0.6) is 5.75 Å². The summed E-state index contributed by atoms with van der Waals surface area (Å²) in [5.41, 5.74) is 12.1. The third-order valence-corrected chi connectivity index (χ3v) is 5.62. The van der Waals surface area contributed by atoms with E-state index in [1.165, 1.54) is 12.1 Å². The van der Waals surface area contributed by atoms with Crippen LogP contribution >= 0.6 is 11.8 Å². The van der Waals surface area contributed by atoms with Gasteiger partial charge in [-0.1, -0.05) is 12.1 Å². The van der Waals surface area contributed by atoms with Crippen LogP contribution in [0.15, 0.2) is 24.3 Å². The Labute approximate surface area is 203 Å². The topological polar surface area (TPSA) is 197 Å². The largest absolute Gasteiger partial charge is 0.508 e. The van der Waals surface area contributed by atoms with Gasteiger partial charge in [-0.15, -0.1) is 0 Å². The van der Waals surface area contributed by atoms with Gasteiger partial charge in [-0.05, 0) is 61.9 Å². The normalized spacial score (nSPS) is 13.4. The first-order chi connectivity index (χ1) is 16.2. The Kier molecular flexibility index (Phi) is 13.7. The van der Waals surface area contributed by atoms with Crippen molar-refractivity contribution >= 4 is 35.5 Å². The predicted molar refractivity (Wildman–Crippen MR) is 130 cm³/mol. The lowest BCUT2D eigenvalue weighted by molar-refractivity contribution is -0.138. The third-order valence-electron chi connectivity index (χ3n) is 4.97. The Hall–Kier alpha value is -2.83. The summed E-state index contributed by atoms with van der Waals surface area (Å²) in [6.07, 6.45) is 3.92. The van der Waals surface area contributed by atoms with Crippen LogP contribution in [-0.4, -0.2) is 77.1 Å². The monoisotopic (exact) mass is 497 g/mol. The van der Waals surface area contributed by atoms with Gasteiger partial charge in [0.1, 0.15) is 24.4 Å². The van der Waals surface area contributed by atoms with Gasteiger partial charge < -0.3 is 37.6 Å². The Morgan fingerprint density at radius 2 is 1.62 bits per heavy atom. The zero-order valence-electron chi connectivity index (χ0n) is 19.3. The number of aromatic hydroxyl groups is 1. The van der Waals surface area contributed by atoms with Crippen molar-refractivity contribution in [3.8, 4) is 5.75 Å². The van der Waals surface area contributed by atoms with Gasteiger partial charge in [0.25, 0.3) is 0 Å². The molecule has 0 aliphatic heterocycles. The van der Waals surface area contributed by atoms with Crippen LogP contribution in [0.3, 0.4) is 0 Å². The molecule has 0 saturated heterocycles. The maximum absolute atomic E-state index is 13.1. The average molecular weight is 498 g/mol. The van der Waals surface area contributed by atoms with E-state index in [-0.39, 0.29) is 12.2 Å². The molecule has 0 aliphatic carbocycles. The fraction of sp³-hybridized carbons (Fsp3) is 0.545. The summed E-state index contributed by atoms with van der Waals surface area (Å²) in [6.45, 7) is -0.182. The van der Waals surface area contributed by atoms with E-state index in [9.17, 15) is 24.3 Å². The molecule has 0 saturated carbocycles. The van der Waals surface area contributed by atoms with E-state index < -0.39 is 48.4 Å². The minimum Gasteiger partial charge on any atom is -0.508 e. The number of benzene rings is 1. The molecule has 12 heteroatoms. The first-order valence-corrected chi connectivity index (χ1v) is 12.4. The van der Waals surface area contributed by atoms with Crippen molar-refractivity contribution in [3.05, 3.63) is 29.8 Å². The number of carboxylic acid groups (broad SMARTS) is 1. The number of carboxylic acids is 1. The van der Waals surface area contributed by atoms with Crippen molar-refractivity contribution in [1.82, 2.24) is 16.0 Å². The fourth-order valence-electron chi connectivity index (χ4n) is 3.05. The Balaban J connectivity index is 2.98. The second kappa shape index (κ2) is 15.9. The average Bonchev–Trinajstić information content (AvgIpc) is 2.81. The molecule has 0 bridgehead atoms. The van der Waals surface area contributed by atoms with Crippen molar-refractivity contribution < 1.29 is 29.4 Å². The van der Waals surface area contributed by atoms with Crippen LogP contribution in [0.2, 0.25) is 0 Å². The quantitative estimate of drug-likeness (QED) is 0.145. The molecule has 0 heterocycles. The van der Waals surface area contributed by atoms with E-state index in [1.54, 1.807) is 23.9 Å². The van der Waals surface area contributed by atoms with Gasteiger partial charge in [0.2, 0.25) is 17.7 Å². The van der Waals surface area contributed by atoms with E-state index in [1.807, 2.05) is 6.26 Å². The van der Waals surface area contributed by atoms with E-state index >= 15 is 0 Å². The highest BCUT2D eigenvalue weighted by Gasteiger charge is 2.28. The summed E-state index contributed by atoms with van der Waals surface area (Å²) in [4.78, 5) is 49.0. The van der Waals surface area contributed by atoms with Crippen LogP contribution in [0.1, 0.15) is 31.2 Å². The molecular formula is C22H35N5O6S. The fourth-order valence-corrected chi connectivity index (χ4v) is 3.54. The van der Waals surface area contributed by atoms with Gasteiger partial charge in [0, 0.05) is 6.42 Å². The number of aliphatic carboxylic acids is 1. The SMILES string of the molecule is CSCCC(N)C(=O)NC(CCCCN)C(=O)NC(Cc1ccc(O)cc1)C(=O)NCC(=O)O. The zero-order valence-corrected chi connectivity index (χ0v) is 20.1. The molecule has 0 aliphatic rings. The Morgan fingerprint density at radius 3 is 2.21 bits per heavy atom. The summed E-state index contributed by atoms with van der Waals surface area (Å²) in [7, 11) is 0. The molecule has 3 amide bonds. The molecule has 0 spiro atoms. The molecule has 3 atom stereocenters. The molecule has 0 aromatic heterocycles. The molecule has 0 fully saturated rings. The lowest BCUT2D eigenvalue weighted by atomic mass is 10.0. The van der Waals surface area contributed by atoms with Crippen LogP contribution in [0, 0.1) is 0 Å². The van der Waals surface area contributed by atoms with Crippen LogP contribution in [0.25, 0.3) is 0 Å². The highest BCUT2D eigenvalue weighted by molar-refractivity contribution is 7.98. The highest BCUT2D eigenvalue weighted by Crippen LogP contribution is 2.12. The standard InChI is InChI=1S/C22H35N5O6S/c1-34-11-9-16(24)20(31)26-17(4-2-3-10-23)22(33)27-18(21(32)25-13-19(29)30)12-14-5-7-15(28)8-6-14/h5-8,16-18,28H,2-4,9-13,23-24H2,1H3,(H,25,32)(H,26,31)(H,27,33)(H,29,30). The number of hydrogen-bond donors (Lipinski definition) is 7. The minimum absolute atomic E-state index is 0.0418. The zero-order chi connectivity index (χ0) is 25.5. The number of phenols is 1. The van der Waals surface area contributed by atoms with Crippen molar-refractivity contribution in [2.24, 2.45) is 11.5 Å². The molecule has 11 nitrogen and oxygen atoms in total. The Bertz CT molecular complexity index is 807. The number of thioether (sulfide) groups is 1. The molecule has 1 aromatic rings. The number of rotatable bonds is 16. The number of nitrogens with two attached hydrogens (primary N) is 2. The van der Waals surface area contributed by atoms with Gasteiger partial charge in [0.15, 0.2) is 0 Å². The van der Waals surface area contributed by atoms with Gasteiger partial charge in [-0.2, -0.15) is 11.8 Å². The molecule has 3 unspecified atom stereocenters.